The third kappa shape index (κ3) is 4.64. The van der Waals surface area contributed by atoms with Crippen molar-refractivity contribution in [3.63, 3.8) is 0 Å². The molecule has 3 N–H and O–H groups in total. The quantitative estimate of drug-likeness (QED) is 0.801. The van der Waals surface area contributed by atoms with Crippen molar-refractivity contribution >= 4 is 17.4 Å². The fraction of sp³-hybridized carbons (Fsp3) is 0.474. The van der Waals surface area contributed by atoms with Crippen molar-refractivity contribution in [3.8, 4) is 0 Å². The summed E-state index contributed by atoms with van der Waals surface area (Å²) >= 11 is 0. The molecule has 1 amide bonds. The van der Waals surface area contributed by atoms with Crippen LogP contribution in [0.15, 0.2) is 27.9 Å². The van der Waals surface area contributed by atoms with Gasteiger partial charge in [-0.2, -0.15) is 0 Å². The lowest BCUT2D eigenvalue weighted by molar-refractivity contribution is 0.0983. The van der Waals surface area contributed by atoms with E-state index in [1.165, 1.54) is 15.7 Å². The van der Waals surface area contributed by atoms with E-state index >= 15 is 0 Å². The summed E-state index contributed by atoms with van der Waals surface area (Å²) in [4.78, 5) is 45.6. The standard InChI is InChI=1S/C19H27N5O3/c1-11(2)9-23(18(26)14-7-6-13(5)21-8-14)15-16(20)24(10-12(3)4)19(27)22-17(15)25/h6-8,11-12H,9-10,20H2,1-5H3,(H,22,25,27). The van der Waals surface area contributed by atoms with Crippen molar-refractivity contribution in [1.29, 1.82) is 0 Å². The van der Waals surface area contributed by atoms with Crippen LogP contribution < -0.4 is 21.9 Å². The second-order valence-corrected chi connectivity index (χ2v) is 7.50. The van der Waals surface area contributed by atoms with Gasteiger partial charge in [0.2, 0.25) is 0 Å². The van der Waals surface area contributed by atoms with E-state index in [4.69, 9.17) is 5.73 Å². The number of pyridine rings is 1. The highest BCUT2D eigenvalue weighted by molar-refractivity contribution is 6.07. The molecule has 2 aromatic rings. The number of aromatic nitrogens is 3. The van der Waals surface area contributed by atoms with Crippen molar-refractivity contribution < 1.29 is 4.79 Å². The average molecular weight is 373 g/mol. The van der Waals surface area contributed by atoms with Gasteiger partial charge in [-0.05, 0) is 30.9 Å². The average Bonchev–Trinajstić information content (AvgIpc) is 2.57. The fourth-order valence-corrected chi connectivity index (χ4v) is 2.78. The molecule has 0 aromatic carbocycles. The minimum absolute atomic E-state index is 0.00507. The van der Waals surface area contributed by atoms with E-state index in [1.807, 2.05) is 34.6 Å². The van der Waals surface area contributed by atoms with Crippen LogP contribution in [0.2, 0.25) is 0 Å². The fourth-order valence-electron chi connectivity index (χ4n) is 2.78. The van der Waals surface area contributed by atoms with E-state index in [2.05, 4.69) is 9.97 Å². The Bertz CT molecular complexity index is 926. The lowest BCUT2D eigenvalue weighted by atomic mass is 10.1. The third-order valence-electron chi connectivity index (χ3n) is 3.98. The zero-order chi connectivity index (χ0) is 20.3. The van der Waals surface area contributed by atoms with E-state index in [1.54, 1.807) is 12.1 Å². The largest absolute Gasteiger partial charge is 0.383 e. The first-order chi connectivity index (χ1) is 12.6. The SMILES string of the molecule is Cc1ccc(C(=O)N(CC(C)C)c2c(N)n(CC(C)C)c(=O)[nH]c2=O)cn1. The number of aryl methyl sites for hydroxylation is 1. The smallest absolute Gasteiger partial charge is 0.330 e. The number of nitrogens with one attached hydrogen (secondary N) is 1. The molecule has 8 nitrogen and oxygen atoms in total. The maximum Gasteiger partial charge on any atom is 0.330 e. The Balaban J connectivity index is 2.63. The van der Waals surface area contributed by atoms with Crippen molar-refractivity contribution in [2.24, 2.45) is 11.8 Å². The molecule has 0 aliphatic heterocycles. The molecule has 0 aliphatic rings. The maximum atomic E-state index is 13.1. The number of nitrogen functional groups attached to an aromatic ring is 1. The number of carbonyl (C=O) groups excluding carboxylic acids is 1. The predicted octanol–water partition coefficient (Wildman–Crippen LogP) is 1.78. The Labute approximate surface area is 158 Å². The molecular weight excluding hydrogens is 346 g/mol. The van der Waals surface area contributed by atoms with Gasteiger partial charge in [0, 0.05) is 25.0 Å². The van der Waals surface area contributed by atoms with Gasteiger partial charge in [0.1, 0.15) is 5.82 Å². The molecule has 0 aliphatic carbocycles. The van der Waals surface area contributed by atoms with Crippen LogP contribution in [-0.4, -0.2) is 27.0 Å². The normalized spacial score (nSPS) is 11.2. The molecule has 2 aromatic heterocycles. The van der Waals surface area contributed by atoms with Gasteiger partial charge in [0.15, 0.2) is 5.69 Å². The third-order valence-corrected chi connectivity index (χ3v) is 3.98. The summed E-state index contributed by atoms with van der Waals surface area (Å²) in [5.41, 5.74) is 6.06. The Hall–Kier alpha value is -2.90. The Morgan fingerprint density at radius 3 is 2.41 bits per heavy atom. The zero-order valence-corrected chi connectivity index (χ0v) is 16.4. The molecule has 2 heterocycles. The molecule has 0 radical (unpaired) electrons. The van der Waals surface area contributed by atoms with Gasteiger partial charge in [0.25, 0.3) is 11.5 Å². The van der Waals surface area contributed by atoms with Gasteiger partial charge >= 0.3 is 5.69 Å². The second kappa shape index (κ2) is 8.20. The van der Waals surface area contributed by atoms with Crippen LogP contribution in [-0.2, 0) is 6.54 Å². The number of hydrogen-bond donors (Lipinski definition) is 2. The highest BCUT2D eigenvalue weighted by Crippen LogP contribution is 2.21. The van der Waals surface area contributed by atoms with Crippen LogP contribution >= 0.6 is 0 Å². The number of amides is 1. The number of aromatic amines is 1. The van der Waals surface area contributed by atoms with Gasteiger partial charge in [0.05, 0.1) is 5.56 Å². The second-order valence-electron chi connectivity index (χ2n) is 7.50. The van der Waals surface area contributed by atoms with E-state index < -0.39 is 11.2 Å². The highest BCUT2D eigenvalue weighted by Gasteiger charge is 2.26. The van der Waals surface area contributed by atoms with E-state index in [0.717, 1.165) is 5.69 Å². The number of hydrogen-bond acceptors (Lipinski definition) is 5. The van der Waals surface area contributed by atoms with Gasteiger partial charge < -0.3 is 10.6 Å². The number of H-pyrrole nitrogens is 1. The maximum absolute atomic E-state index is 13.1. The number of nitrogens with zero attached hydrogens (tertiary/aromatic N) is 3. The van der Waals surface area contributed by atoms with E-state index in [9.17, 15) is 14.4 Å². The Morgan fingerprint density at radius 2 is 1.89 bits per heavy atom. The molecule has 0 unspecified atom stereocenters. The van der Waals surface area contributed by atoms with Crippen molar-refractivity contribution in [2.45, 2.75) is 41.2 Å². The molecule has 0 fully saturated rings. The van der Waals surface area contributed by atoms with Gasteiger partial charge in [-0.25, -0.2) is 4.79 Å². The first-order valence-electron chi connectivity index (χ1n) is 8.98. The predicted molar refractivity (Wildman–Crippen MR) is 106 cm³/mol. The summed E-state index contributed by atoms with van der Waals surface area (Å²) in [5.74, 6) is -0.175. The molecule has 0 saturated carbocycles. The lowest BCUT2D eigenvalue weighted by Crippen LogP contribution is -2.43. The minimum Gasteiger partial charge on any atom is -0.383 e. The lowest BCUT2D eigenvalue weighted by Gasteiger charge is -2.26. The summed E-state index contributed by atoms with van der Waals surface area (Å²) in [7, 11) is 0. The van der Waals surface area contributed by atoms with Crippen LogP contribution in [0.5, 0.6) is 0 Å². The van der Waals surface area contributed by atoms with Crippen LogP contribution in [0.4, 0.5) is 11.5 Å². The summed E-state index contributed by atoms with van der Waals surface area (Å²) < 4.78 is 1.30. The summed E-state index contributed by atoms with van der Waals surface area (Å²) in [5, 5.41) is 0. The van der Waals surface area contributed by atoms with Crippen LogP contribution in [0.25, 0.3) is 0 Å². The van der Waals surface area contributed by atoms with Gasteiger partial charge in [-0.1, -0.05) is 27.7 Å². The van der Waals surface area contributed by atoms with Crippen molar-refractivity contribution in [1.82, 2.24) is 14.5 Å². The number of carbonyl (C=O) groups is 1. The molecule has 0 bridgehead atoms. The van der Waals surface area contributed by atoms with Crippen molar-refractivity contribution in [2.75, 3.05) is 17.2 Å². The van der Waals surface area contributed by atoms with E-state index in [-0.39, 0.29) is 35.8 Å². The molecular formula is C19H27N5O3. The van der Waals surface area contributed by atoms with Gasteiger partial charge in [-0.3, -0.25) is 24.1 Å². The molecule has 0 atom stereocenters. The topological polar surface area (TPSA) is 114 Å². The first-order valence-corrected chi connectivity index (χ1v) is 8.98. The Morgan fingerprint density at radius 1 is 1.22 bits per heavy atom. The van der Waals surface area contributed by atoms with Crippen LogP contribution in [0, 0.1) is 18.8 Å². The monoisotopic (exact) mass is 373 g/mol. The zero-order valence-electron chi connectivity index (χ0n) is 16.4. The van der Waals surface area contributed by atoms with Crippen molar-refractivity contribution in [3.05, 3.63) is 50.4 Å². The number of rotatable bonds is 6. The molecule has 2 rings (SSSR count). The van der Waals surface area contributed by atoms with Gasteiger partial charge in [-0.15, -0.1) is 0 Å². The molecule has 0 spiro atoms. The van der Waals surface area contributed by atoms with Crippen LogP contribution in [0.3, 0.4) is 0 Å². The van der Waals surface area contributed by atoms with E-state index in [0.29, 0.717) is 12.1 Å². The summed E-state index contributed by atoms with van der Waals surface area (Å²) in [6, 6.07) is 3.39. The molecule has 8 heteroatoms. The molecule has 27 heavy (non-hydrogen) atoms. The minimum atomic E-state index is -0.674. The van der Waals surface area contributed by atoms with Crippen LogP contribution in [0.1, 0.15) is 43.7 Å². The number of anilines is 2. The highest BCUT2D eigenvalue weighted by atomic mass is 16.2. The number of nitrogens with two attached hydrogens (primary N) is 1. The Kier molecular flexibility index (Phi) is 6.20. The summed E-state index contributed by atoms with van der Waals surface area (Å²) in [6.07, 6.45) is 1.47. The first kappa shape index (κ1) is 20.4. The summed E-state index contributed by atoms with van der Waals surface area (Å²) in [6.45, 7) is 10.2. The molecule has 0 saturated heterocycles. The molecule has 146 valence electrons.